The SMILES string of the molecule is CCN(CC)CC.Cc1cn(C2CC[C@@H](CC(F)(F)P(=O)(O)OP(=O)(O)OP(=O)(O)O)O2)c(=O)[nH]c1=O. The molecule has 20 heteroatoms. The molecule has 0 aliphatic carbocycles. The van der Waals surface area contributed by atoms with Gasteiger partial charge in [0.25, 0.3) is 5.56 Å². The number of hydrogen-bond donors (Lipinski definition) is 5. The summed E-state index contributed by atoms with van der Waals surface area (Å²) in [5, 5.41) is 0. The van der Waals surface area contributed by atoms with E-state index in [4.69, 9.17) is 19.4 Å². The van der Waals surface area contributed by atoms with Crippen LogP contribution in [0.25, 0.3) is 0 Å². The van der Waals surface area contributed by atoms with Crippen LogP contribution in [-0.2, 0) is 27.1 Å². The first-order chi connectivity index (χ1) is 16.8. The summed E-state index contributed by atoms with van der Waals surface area (Å²) in [5.74, 6) is 0. The fourth-order valence-corrected chi connectivity index (χ4v) is 6.74. The molecular weight excluding hydrogens is 569 g/mol. The van der Waals surface area contributed by atoms with Gasteiger partial charge in [0, 0.05) is 18.2 Å². The number of nitrogens with zero attached hydrogens (tertiary/aromatic N) is 2. The smallest absolute Gasteiger partial charge is 0.354 e. The van der Waals surface area contributed by atoms with Crippen molar-refractivity contribution in [1.82, 2.24) is 14.5 Å². The molecule has 1 saturated heterocycles. The Bertz CT molecular complexity index is 1160. The second kappa shape index (κ2) is 13.3. The first-order valence-electron chi connectivity index (χ1n) is 11.0. The lowest BCUT2D eigenvalue weighted by Gasteiger charge is -2.25. The number of aromatic nitrogens is 2. The molecule has 37 heavy (non-hydrogen) atoms. The molecule has 0 bridgehead atoms. The van der Waals surface area contributed by atoms with E-state index in [1.165, 1.54) is 26.6 Å². The van der Waals surface area contributed by atoms with Crippen molar-refractivity contribution in [2.45, 2.75) is 65.0 Å². The largest absolute Gasteiger partial charge is 0.488 e. The molecule has 1 aromatic rings. The Balaban J connectivity index is 0.000000856. The molecular formula is C17H32F2N3O12P3. The van der Waals surface area contributed by atoms with Gasteiger partial charge in [-0.05, 0) is 39.4 Å². The van der Waals surface area contributed by atoms with Gasteiger partial charge >= 0.3 is 34.6 Å². The van der Waals surface area contributed by atoms with Gasteiger partial charge in [-0.3, -0.25) is 18.9 Å². The molecule has 0 radical (unpaired) electrons. The van der Waals surface area contributed by atoms with Crippen molar-refractivity contribution in [3.8, 4) is 0 Å². The third-order valence-corrected chi connectivity index (χ3v) is 9.59. The van der Waals surface area contributed by atoms with E-state index < -0.39 is 58.9 Å². The lowest BCUT2D eigenvalue weighted by molar-refractivity contribution is -0.0485. The van der Waals surface area contributed by atoms with Gasteiger partial charge in [-0.1, -0.05) is 20.8 Å². The van der Waals surface area contributed by atoms with Crippen molar-refractivity contribution < 1.29 is 55.4 Å². The molecule has 4 atom stereocenters. The second-order valence-electron chi connectivity index (χ2n) is 7.90. The van der Waals surface area contributed by atoms with Gasteiger partial charge in [-0.2, -0.15) is 13.1 Å². The third-order valence-electron chi connectivity index (χ3n) is 5.19. The zero-order valence-corrected chi connectivity index (χ0v) is 23.2. The predicted molar refractivity (Wildman–Crippen MR) is 126 cm³/mol. The predicted octanol–water partition coefficient (Wildman–Crippen LogP) is 2.27. The van der Waals surface area contributed by atoms with Crippen LogP contribution in [0.4, 0.5) is 8.78 Å². The Hall–Kier alpha value is -1.09. The molecule has 1 aliphatic rings. The van der Waals surface area contributed by atoms with Crippen molar-refractivity contribution in [2.75, 3.05) is 19.6 Å². The molecule has 5 N–H and O–H groups in total. The van der Waals surface area contributed by atoms with Gasteiger partial charge < -0.3 is 29.2 Å². The van der Waals surface area contributed by atoms with Crippen molar-refractivity contribution in [1.29, 1.82) is 0 Å². The minimum absolute atomic E-state index is 0.0164. The molecule has 1 fully saturated rings. The average molecular weight is 601 g/mol. The van der Waals surface area contributed by atoms with Crippen LogP contribution in [0, 0.1) is 6.92 Å². The van der Waals surface area contributed by atoms with Crippen LogP contribution < -0.4 is 11.2 Å². The van der Waals surface area contributed by atoms with E-state index in [1.807, 2.05) is 4.98 Å². The van der Waals surface area contributed by atoms with E-state index >= 15 is 0 Å². The maximum absolute atomic E-state index is 14.2. The summed E-state index contributed by atoms with van der Waals surface area (Å²) < 4.78 is 75.0. The highest BCUT2D eigenvalue weighted by Crippen LogP contribution is 2.71. The summed E-state index contributed by atoms with van der Waals surface area (Å²) in [6.07, 6.45) is -2.94. The molecule has 2 heterocycles. The number of aromatic amines is 1. The summed E-state index contributed by atoms with van der Waals surface area (Å²) in [5.41, 5.74) is -6.06. The number of alkyl halides is 2. The Labute approximate surface area is 210 Å². The lowest BCUT2D eigenvalue weighted by atomic mass is 10.2. The minimum Gasteiger partial charge on any atom is -0.354 e. The van der Waals surface area contributed by atoms with Gasteiger partial charge in [0.1, 0.15) is 6.23 Å². The van der Waals surface area contributed by atoms with Crippen LogP contribution in [0.3, 0.4) is 0 Å². The standard InChI is InChI=1S/C11H17F2N2O12P3.C6H15N/c1-6-5-15(10(17)14-9(6)16)8-3-2-7(25-8)4-11(12,13)28(18,19)26-30(23,24)27-29(20,21)22;1-4-7(5-2)6-3/h5,7-8H,2-4H2,1H3,(H,18,19)(H,23,24)(H,14,16,17)(H2,20,21,22);4-6H2,1-3H3/t7-,8?;/m0./s1. The Morgan fingerprint density at radius 3 is 2.08 bits per heavy atom. The Morgan fingerprint density at radius 2 is 1.62 bits per heavy atom. The summed E-state index contributed by atoms with van der Waals surface area (Å²) in [6.45, 7) is 11.5. The number of rotatable bonds is 11. The van der Waals surface area contributed by atoms with Gasteiger partial charge in [0.05, 0.1) is 6.10 Å². The zero-order chi connectivity index (χ0) is 28.8. The number of ether oxygens (including phenoxy) is 1. The third kappa shape index (κ3) is 10.5. The molecule has 1 aliphatic heterocycles. The first kappa shape index (κ1) is 33.9. The number of aryl methyl sites for hydroxylation is 1. The van der Waals surface area contributed by atoms with Crippen LogP contribution in [0.1, 0.15) is 51.8 Å². The molecule has 0 saturated carbocycles. The van der Waals surface area contributed by atoms with Crippen LogP contribution in [0.2, 0.25) is 0 Å². The van der Waals surface area contributed by atoms with Gasteiger partial charge in [0.15, 0.2) is 0 Å². The minimum atomic E-state index is -6.28. The summed E-state index contributed by atoms with van der Waals surface area (Å²) in [6, 6.07) is 0. The van der Waals surface area contributed by atoms with E-state index in [2.05, 4.69) is 34.3 Å². The van der Waals surface area contributed by atoms with Gasteiger partial charge in [0.2, 0.25) is 0 Å². The fraction of sp³-hybridized carbons (Fsp3) is 0.765. The van der Waals surface area contributed by atoms with Crippen molar-refractivity contribution in [3.63, 3.8) is 0 Å². The summed E-state index contributed by atoms with van der Waals surface area (Å²) in [7, 11) is -18.0. The fourth-order valence-electron chi connectivity index (χ4n) is 3.25. The highest BCUT2D eigenvalue weighted by atomic mass is 31.3. The van der Waals surface area contributed by atoms with E-state index in [9.17, 15) is 37.0 Å². The molecule has 15 nitrogen and oxygen atoms in total. The molecule has 0 aromatic carbocycles. The molecule has 3 unspecified atom stereocenters. The Kier molecular flexibility index (Phi) is 12.2. The number of nitrogens with one attached hydrogen (secondary N) is 1. The van der Waals surface area contributed by atoms with E-state index in [-0.39, 0.29) is 18.4 Å². The van der Waals surface area contributed by atoms with Crippen LogP contribution in [0.5, 0.6) is 0 Å². The van der Waals surface area contributed by atoms with Crippen LogP contribution in [0.15, 0.2) is 15.8 Å². The van der Waals surface area contributed by atoms with Crippen molar-refractivity contribution in [3.05, 3.63) is 32.6 Å². The quantitative estimate of drug-likeness (QED) is 0.230. The van der Waals surface area contributed by atoms with Crippen molar-refractivity contribution in [2.24, 2.45) is 0 Å². The van der Waals surface area contributed by atoms with Gasteiger partial charge in [-0.15, -0.1) is 0 Å². The van der Waals surface area contributed by atoms with E-state index in [0.717, 1.165) is 10.8 Å². The lowest BCUT2D eigenvalue weighted by Crippen LogP contribution is -2.33. The summed E-state index contributed by atoms with van der Waals surface area (Å²) in [4.78, 5) is 62.9. The van der Waals surface area contributed by atoms with Crippen LogP contribution >= 0.6 is 23.2 Å². The van der Waals surface area contributed by atoms with Crippen LogP contribution in [-0.4, -0.2) is 65.4 Å². The monoisotopic (exact) mass is 601 g/mol. The second-order valence-corrected chi connectivity index (χ2v) is 12.8. The normalized spacial score (nSPS) is 21.7. The zero-order valence-electron chi connectivity index (χ0n) is 20.5. The molecule has 216 valence electrons. The average Bonchev–Trinajstić information content (AvgIpc) is 3.17. The number of phosphoric acid groups is 2. The number of hydrogen-bond acceptors (Lipinski definition) is 9. The molecule has 2 rings (SSSR count). The summed E-state index contributed by atoms with van der Waals surface area (Å²) >= 11 is 0. The molecule has 1 aromatic heterocycles. The Morgan fingerprint density at radius 1 is 1.08 bits per heavy atom. The van der Waals surface area contributed by atoms with Crippen molar-refractivity contribution >= 4 is 23.2 Å². The molecule has 0 amide bonds. The highest BCUT2D eigenvalue weighted by Gasteiger charge is 2.57. The topological polar surface area (TPSA) is 218 Å². The number of halogens is 2. The first-order valence-corrected chi connectivity index (χ1v) is 15.6. The maximum Gasteiger partial charge on any atom is 0.488 e. The van der Waals surface area contributed by atoms with E-state index in [1.54, 1.807) is 0 Å². The highest BCUT2D eigenvalue weighted by molar-refractivity contribution is 7.68. The van der Waals surface area contributed by atoms with Gasteiger partial charge in [-0.25, -0.2) is 18.2 Å². The molecule has 0 spiro atoms. The maximum atomic E-state index is 14.2. The number of H-pyrrole nitrogens is 1. The van der Waals surface area contributed by atoms with E-state index in [0.29, 0.717) is 0 Å².